The normalized spacial score (nSPS) is 12.6. The average molecular weight is 248 g/mol. The Morgan fingerprint density at radius 3 is 2.92 bits per heavy atom. The molecule has 0 aliphatic carbocycles. The molecule has 1 atom stereocenters. The molecule has 2 N–H and O–H groups in total. The van der Waals surface area contributed by atoms with Crippen LogP contribution in [0.25, 0.3) is 0 Å². The highest BCUT2D eigenvalue weighted by Crippen LogP contribution is 2.22. The third-order valence-electron chi connectivity index (χ3n) is 1.55. The lowest BCUT2D eigenvalue weighted by molar-refractivity contribution is 0.219. The van der Waals surface area contributed by atoms with Crippen molar-refractivity contribution < 1.29 is 9.13 Å². The molecule has 0 spiro atoms. The Hall–Kier alpha value is -0.610. The van der Waals surface area contributed by atoms with Gasteiger partial charge in [-0.1, -0.05) is 15.9 Å². The van der Waals surface area contributed by atoms with E-state index in [4.69, 9.17) is 10.5 Å². The summed E-state index contributed by atoms with van der Waals surface area (Å²) in [6.07, 6.45) is -0.177. The minimum absolute atomic E-state index is 0.177. The van der Waals surface area contributed by atoms with E-state index in [2.05, 4.69) is 15.9 Å². The van der Waals surface area contributed by atoms with Crippen LogP contribution in [0.1, 0.15) is 6.92 Å². The van der Waals surface area contributed by atoms with Crippen LogP contribution < -0.4 is 10.5 Å². The molecule has 0 saturated carbocycles. The van der Waals surface area contributed by atoms with E-state index in [1.54, 1.807) is 19.1 Å². The molecule has 2 nitrogen and oxygen atoms in total. The van der Waals surface area contributed by atoms with Crippen LogP contribution in [0.15, 0.2) is 22.7 Å². The van der Waals surface area contributed by atoms with Crippen LogP contribution in [0.3, 0.4) is 0 Å². The van der Waals surface area contributed by atoms with Crippen molar-refractivity contribution in [3.63, 3.8) is 0 Å². The van der Waals surface area contributed by atoms with Crippen LogP contribution in [0.5, 0.6) is 5.75 Å². The monoisotopic (exact) mass is 247 g/mol. The maximum Gasteiger partial charge on any atom is 0.165 e. The second-order valence-corrected chi connectivity index (χ2v) is 3.65. The lowest BCUT2D eigenvalue weighted by Gasteiger charge is -2.12. The molecule has 0 aromatic heterocycles. The van der Waals surface area contributed by atoms with Gasteiger partial charge >= 0.3 is 0 Å². The molecule has 0 bridgehead atoms. The Kier molecular flexibility index (Phi) is 3.69. The highest BCUT2D eigenvalue weighted by Gasteiger charge is 2.07. The van der Waals surface area contributed by atoms with Gasteiger partial charge in [0.05, 0.1) is 0 Å². The highest BCUT2D eigenvalue weighted by molar-refractivity contribution is 9.10. The number of rotatable bonds is 3. The zero-order chi connectivity index (χ0) is 9.84. The fourth-order valence-corrected chi connectivity index (χ4v) is 1.17. The van der Waals surface area contributed by atoms with E-state index >= 15 is 0 Å². The van der Waals surface area contributed by atoms with Crippen LogP contribution in [-0.4, -0.2) is 12.6 Å². The van der Waals surface area contributed by atoms with Gasteiger partial charge in [0.15, 0.2) is 11.6 Å². The minimum Gasteiger partial charge on any atom is -0.486 e. The fraction of sp³-hybridized carbons (Fsp3) is 0.333. The number of benzene rings is 1. The van der Waals surface area contributed by atoms with Crippen LogP contribution in [0, 0.1) is 5.82 Å². The molecule has 4 heteroatoms. The number of halogens is 2. The topological polar surface area (TPSA) is 35.2 Å². The molecule has 1 rings (SSSR count). The van der Waals surface area contributed by atoms with Gasteiger partial charge in [-0.2, -0.15) is 0 Å². The maximum absolute atomic E-state index is 13.1. The molecule has 1 aromatic rings. The summed E-state index contributed by atoms with van der Waals surface area (Å²) in [5.74, 6) is -0.143. The van der Waals surface area contributed by atoms with Gasteiger partial charge in [-0.25, -0.2) is 4.39 Å². The van der Waals surface area contributed by atoms with Gasteiger partial charge in [-0.15, -0.1) is 0 Å². The summed E-state index contributed by atoms with van der Waals surface area (Å²) < 4.78 is 19.1. The molecule has 1 unspecified atom stereocenters. The minimum atomic E-state index is -0.372. The molecule has 0 amide bonds. The Labute approximate surface area is 85.0 Å². The van der Waals surface area contributed by atoms with E-state index in [1.165, 1.54) is 6.07 Å². The van der Waals surface area contributed by atoms with Crippen LogP contribution in [0.4, 0.5) is 4.39 Å². The zero-order valence-electron chi connectivity index (χ0n) is 7.26. The smallest absolute Gasteiger partial charge is 0.165 e. The van der Waals surface area contributed by atoms with Crippen molar-refractivity contribution >= 4 is 15.9 Å². The molecule has 0 saturated heterocycles. The molecule has 0 aliphatic rings. The Morgan fingerprint density at radius 1 is 1.62 bits per heavy atom. The molecule has 1 aromatic carbocycles. The molecule has 0 aliphatic heterocycles. The van der Waals surface area contributed by atoms with Crippen LogP contribution >= 0.6 is 15.9 Å². The van der Waals surface area contributed by atoms with Gasteiger partial charge < -0.3 is 10.5 Å². The lowest BCUT2D eigenvalue weighted by atomic mass is 10.3. The average Bonchev–Trinajstić information content (AvgIpc) is 2.11. The molecule has 0 heterocycles. The van der Waals surface area contributed by atoms with Crippen molar-refractivity contribution in [3.05, 3.63) is 28.5 Å². The molecular weight excluding hydrogens is 237 g/mol. The quantitative estimate of drug-likeness (QED) is 0.890. The first-order chi connectivity index (χ1) is 6.13. The summed E-state index contributed by atoms with van der Waals surface area (Å²) in [5, 5.41) is 0. The zero-order valence-corrected chi connectivity index (χ0v) is 8.84. The molecule has 13 heavy (non-hydrogen) atoms. The predicted octanol–water partition coefficient (Wildman–Crippen LogP) is 2.31. The van der Waals surface area contributed by atoms with Crippen molar-refractivity contribution in [2.75, 3.05) is 6.54 Å². The lowest BCUT2D eigenvalue weighted by Crippen LogP contribution is -2.23. The van der Waals surface area contributed by atoms with Crippen LogP contribution in [-0.2, 0) is 0 Å². The first-order valence-corrected chi connectivity index (χ1v) is 4.74. The van der Waals surface area contributed by atoms with Crippen molar-refractivity contribution in [2.24, 2.45) is 5.73 Å². The van der Waals surface area contributed by atoms with Gasteiger partial charge in [0.1, 0.15) is 6.10 Å². The maximum atomic E-state index is 13.1. The standard InChI is InChI=1S/C9H11BrFNO/c1-6(5-12)13-9-4-7(10)2-3-8(9)11/h2-4,6H,5,12H2,1H3. The summed E-state index contributed by atoms with van der Waals surface area (Å²) in [4.78, 5) is 0. The van der Waals surface area contributed by atoms with E-state index in [0.717, 1.165) is 4.47 Å². The Morgan fingerprint density at radius 2 is 2.31 bits per heavy atom. The van der Waals surface area contributed by atoms with Crippen molar-refractivity contribution in [1.29, 1.82) is 0 Å². The van der Waals surface area contributed by atoms with E-state index in [1.807, 2.05) is 0 Å². The highest BCUT2D eigenvalue weighted by atomic mass is 79.9. The van der Waals surface area contributed by atoms with E-state index in [-0.39, 0.29) is 17.7 Å². The van der Waals surface area contributed by atoms with Crippen molar-refractivity contribution in [1.82, 2.24) is 0 Å². The van der Waals surface area contributed by atoms with Crippen LogP contribution in [0.2, 0.25) is 0 Å². The molecule has 72 valence electrons. The van der Waals surface area contributed by atoms with Crippen molar-refractivity contribution in [2.45, 2.75) is 13.0 Å². The van der Waals surface area contributed by atoms with E-state index in [0.29, 0.717) is 6.54 Å². The molecule has 0 fully saturated rings. The van der Waals surface area contributed by atoms with Gasteiger partial charge in [-0.3, -0.25) is 0 Å². The summed E-state index contributed by atoms with van der Waals surface area (Å²) in [6.45, 7) is 2.16. The second-order valence-electron chi connectivity index (χ2n) is 2.74. The number of nitrogens with two attached hydrogens (primary N) is 1. The summed E-state index contributed by atoms with van der Waals surface area (Å²) in [5.41, 5.74) is 5.35. The third kappa shape index (κ3) is 2.97. The summed E-state index contributed by atoms with van der Waals surface area (Å²) in [7, 11) is 0. The SMILES string of the molecule is CC(CN)Oc1cc(Br)ccc1F. The predicted molar refractivity (Wildman–Crippen MR) is 53.2 cm³/mol. The summed E-state index contributed by atoms with van der Waals surface area (Å²) in [6, 6.07) is 4.56. The Balaban J connectivity index is 2.81. The Bertz CT molecular complexity index is 293. The number of hydrogen-bond donors (Lipinski definition) is 1. The van der Waals surface area contributed by atoms with Gasteiger partial charge in [-0.05, 0) is 25.1 Å². The first-order valence-electron chi connectivity index (χ1n) is 3.95. The van der Waals surface area contributed by atoms with Gasteiger partial charge in [0.2, 0.25) is 0 Å². The van der Waals surface area contributed by atoms with Gasteiger partial charge in [0, 0.05) is 11.0 Å². The summed E-state index contributed by atoms with van der Waals surface area (Å²) >= 11 is 3.23. The van der Waals surface area contributed by atoms with E-state index in [9.17, 15) is 4.39 Å². The van der Waals surface area contributed by atoms with Gasteiger partial charge in [0.25, 0.3) is 0 Å². The first kappa shape index (κ1) is 10.5. The van der Waals surface area contributed by atoms with E-state index < -0.39 is 0 Å². The fourth-order valence-electron chi connectivity index (χ4n) is 0.832. The number of ether oxygens (including phenoxy) is 1. The second kappa shape index (κ2) is 4.58. The largest absolute Gasteiger partial charge is 0.486 e. The molecular formula is C9H11BrFNO. The third-order valence-corrected chi connectivity index (χ3v) is 2.05. The molecule has 0 radical (unpaired) electrons. The van der Waals surface area contributed by atoms with Crippen molar-refractivity contribution in [3.8, 4) is 5.75 Å². The number of hydrogen-bond acceptors (Lipinski definition) is 2.